The van der Waals surface area contributed by atoms with E-state index < -0.39 is 6.51 Å². The van der Waals surface area contributed by atoms with Gasteiger partial charge in [0.15, 0.2) is 0 Å². The predicted octanol–water partition coefficient (Wildman–Crippen LogP) is 3.66. The SMILES string of the molecule is CCCC(=O)[C]12[CH]3[CH]4[C]5(C(=O)OC)[CH]1[Fe]34251678[CH]2[CH]1[CH]6[CH]7[CH]28. The van der Waals surface area contributed by atoms with Crippen LogP contribution in [0.15, 0.2) is 0 Å². The van der Waals surface area contributed by atoms with Crippen LogP contribution >= 0.6 is 0 Å². The Morgan fingerprint density at radius 2 is 1.60 bits per heavy atom. The molecule has 10 rings (SSSR count). The molecule has 10 heterocycles. The number of hydrogen-bond acceptors (Lipinski definition) is 3. The summed E-state index contributed by atoms with van der Waals surface area (Å²) in [7, 11) is 1.59. The number of Topliss-reactive ketones (excluding diaryl/α,β-unsaturated/α-hetero) is 1. The van der Waals surface area contributed by atoms with E-state index in [9.17, 15) is 9.59 Å². The average molecular weight is 314 g/mol. The zero-order valence-electron chi connectivity index (χ0n) is 11.6. The summed E-state index contributed by atoms with van der Waals surface area (Å²) in [5, 5.41) is 0. The Hall–Kier alpha value is -0.341. The minimum atomic E-state index is -3.82. The van der Waals surface area contributed by atoms with Crippen molar-refractivity contribution in [2.24, 2.45) is 0 Å². The molecule has 0 saturated carbocycles. The van der Waals surface area contributed by atoms with Crippen molar-refractivity contribution in [1.29, 1.82) is 0 Å². The monoisotopic (exact) mass is 314 g/mol. The van der Waals surface area contributed by atoms with Gasteiger partial charge in [0.25, 0.3) is 0 Å². The Balaban J connectivity index is 1.50. The van der Waals surface area contributed by atoms with E-state index in [-0.39, 0.29) is 14.6 Å². The zero-order chi connectivity index (χ0) is 13.2. The van der Waals surface area contributed by atoms with Crippen LogP contribution in [0.25, 0.3) is 0 Å². The van der Waals surface area contributed by atoms with Crippen LogP contribution in [-0.2, 0) is 20.8 Å². The first-order valence-corrected chi connectivity index (χ1v) is 14.4. The van der Waals surface area contributed by atoms with Gasteiger partial charge >= 0.3 is 107 Å². The summed E-state index contributed by atoms with van der Waals surface area (Å²) in [6.45, 7) is -1.68. The van der Waals surface area contributed by atoms with E-state index in [1.54, 1.807) is 7.11 Å². The van der Waals surface area contributed by atoms with E-state index in [1.165, 1.54) is 0 Å². The molecule has 10 aliphatic heterocycles. The Morgan fingerprint density at radius 1 is 1.05 bits per heavy atom. The molecular formula is C16H18FeO3. The fourth-order valence-corrected chi connectivity index (χ4v) is 94.0. The van der Waals surface area contributed by atoms with Gasteiger partial charge in [-0.2, -0.15) is 0 Å². The first kappa shape index (κ1) is 8.33. The molecule has 1 spiro atoms. The maximum absolute atomic E-state index is 13.1. The second kappa shape index (κ2) is 0.724. The normalized spacial score (nSPS) is 106. The summed E-state index contributed by atoms with van der Waals surface area (Å²) in [5.74, 6) is 0.822. The summed E-state index contributed by atoms with van der Waals surface area (Å²) in [6, 6.07) is 0. The summed E-state index contributed by atoms with van der Waals surface area (Å²) in [4.78, 5) is 33.2. The van der Waals surface area contributed by atoms with Gasteiger partial charge in [0.1, 0.15) is 0 Å². The minimum absolute atomic E-state index is 0.0621. The molecule has 5 atom stereocenters. The second-order valence-corrected chi connectivity index (χ2v) is 34.6. The Morgan fingerprint density at radius 3 is 2.00 bits per heavy atom. The molecule has 10 saturated heterocycles. The molecule has 5 unspecified atom stereocenters. The Kier molecular flexibility index (Phi) is 0.302. The van der Waals surface area contributed by atoms with Gasteiger partial charge in [0.05, 0.1) is 0 Å². The van der Waals surface area contributed by atoms with E-state index >= 15 is 0 Å². The molecule has 10 fully saturated rings. The number of ketones is 1. The molecule has 0 aliphatic carbocycles. The molecule has 20 heavy (non-hydrogen) atoms. The first-order chi connectivity index (χ1) is 9.39. The van der Waals surface area contributed by atoms with Crippen LogP contribution in [0.5, 0.6) is 0 Å². The Bertz CT molecular complexity index is 1140. The molecule has 0 N–H and O–H groups in total. The van der Waals surface area contributed by atoms with Crippen LogP contribution in [0.3, 0.4) is 0 Å². The van der Waals surface area contributed by atoms with E-state index in [1.807, 2.05) is 0 Å². The van der Waals surface area contributed by atoms with Gasteiger partial charge < -0.3 is 0 Å². The summed E-state index contributed by atoms with van der Waals surface area (Å²) >= 11 is 0. The number of hydrogen-bond donors (Lipinski definition) is 0. The molecule has 108 valence electrons. The van der Waals surface area contributed by atoms with Crippen LogP contribution in [0, 0.1) is 0 Å². The van der Waals surface area contributed by atoms with E-state index in [2.05, 4.69) is 6.92 Å². The first-order valence-electron chi connectivity index (χ1n) is 8.22. The molecule has 0 aromatic rings. The molecule has 3 nitrogen and oxygen atoms in total. The molecule has 0 aromatic carbocycles. The van der Waals surface area contributed by atoms with Crippen molar-refractivity contribution in [2.75, 3.05) is 7.11 Å². The van der Waals surface area contributed by atoms with Crippen LogP contribution in [0.4, 0.5) is 0 Å². The van der Waals surface area contributed by atoms with E-state index in [0.717, 1.165) is 46.6 Å². The van der Waals surface area contributed by atoms with Crippen LogP contribution in [-0.4, -0.2) is 18.9 Å². The number of carbonyl (C=O) groups is 2. The number of fused-ring (bicyclic) bond motifs is 10. The Labute approximate surface area is 107 Å². The quantitative estimate of drug-likeness (QED) is 0.587. The van der Waals surface area contributed by atoms with E-state index in [0.29, 0.717) is 10.6 Å². The van der Waals surface area contributed by atoms with Crippen LogP contribution in [0.2, 0.25) is 47.2 Å². The number of esters is 1. The molecule has 10 aliphatic rings. The van der Waals surface area contributed by atoms with E-state index in [4.69, 9.17) is 4.74 Å². The van der Waals surface area contributed by atoms with Crippen LogP contribution in [0.1, 0.15) is 19.8 Å². The summed E-state index contributed by atoms with van der Waals surface area (Å²) in [6.07, 6.45) is 1.80. The molecule has 4 heteroatoms. The van der Waals surface area contributed by atoms with Crippen molar-refractivity contribution >= 4 is 11.8 Å². The molecule has 0 aromatic heterocycles. The number of methoxy groups -OCH3 is 1. The van der Waals surface area contributed by atoms with Gasteiger partial charge in [-0.25, -0.2) is 0 Å². The third-order valence-electron chi connectivity index (χ3n) is 16.2. The second-order valence-electron chi connectivity index (χ2n) is 11.4. The topological polar surface area (TPSA) is 43.4 Å². The van der Waals surface area contributed by atoms with Crippen LogP contribution < -0.4 is 0 Å². The molecular weight excluding hydrogens is 296 g/mol. The van der Waals surface area contributed by atoms with Gasteiger partial charge in [0.2, 0.25) is 0 Å². The fourth-order valence-electron chi connectivity index (χ4n) is 18.4. The molecule has 0 bridgehead atoms. The van der Waals surface area contributed by atoms with Crippen molar-refractivity contribution in [3.63, 3.8) is 0 Å². The zero-order valence-corrected chi connectivity index (χ0v) is 12.7. The predicted molar refractivity (Wildman–Crippen MR) is 67.3 cm³/mol. The third-order valence-corrected chi connectivity index (χ3v) is 58.9. The number of carbonyl (C=O) groups excluding carboxylic acids is 2. The molecule has 0 radical (unpaired) electrons. The fraction of sp³-hybridized carbons (Fsp3) is 0.875. The van der Waals surface area contributed by atoms with Gasteiger partial charge in [-0.1, -0.05) is 0 Å². The van der Waals surface area contributed by atoms with Gasteiger partial charge in [-0.05, 0) is 0 Å². The van der Waals surface area contributed by atoms with Gasteiger partial charge in [-0.15, -0.1) is 0 Å². The van der Waals surface area contributed by atoms with Crippen molar-refractivity contribution in [2.45, 2.75) is 66.9 Å². The van der Waals surface area contributed by atoms with Crippen molar-refractivity contribution in [3.05, 3.63) is 0 Å². The summed E-state index contributed by atoms with van der Waals surface area (Å²) < 4.78 is 5.61. The number of ether oxygens (including phenoxy) is 1. The van der Waals surface area contributed by atoms with Crippen molar-refractivity contribution in [1.82, 2.24) is 0 Å². The molecule has 0 amide bonds. The maximum atomic E-state index is 13.1. The van der Waals surface area contributed by atoms with Gasteiger partial charge in [-0.3, -0.25) is 0 Å². The number of rotatable bonds is 4. The average Bonchev–Trinajstić information content (AvgIpc) is 3.38. The summed E-state index contributed by atoms with van der Waals surface area (Å²) in [5.41, 5.74) is 0. The standard InChI is InChI=1S/C11H13O3.C5H5.Fe/c1-3-4-10(12)8-5-6-9(7-8)11(13)14-2;1-2-4-5-3-1;/h5-7H,3-4H2,1-2H3;1-5H;. The third kappa shape index (κ3) is 0.0832. The van der Waals surface area contributed by atoms with Crippen molar-refractivity contribution < 1.29 is 20.8 Å². The van der Waals surface area contributed by atoms with Gasteiger partial charge in [0, 0.05) is 0 Å². The van der Waals surface area contributed by atoms with Crippen molar-refractivity contribution in [3.8, 4) is 0 Å².